The molecule has 5 rings (SSSR count). The van der Waals surface area contributed by atoms with Gasteiger partial charge in [-0.3, -0.25) is 9.69 Å². The Hall–Kier alpha value is -3.72. The molecule has 8 heteroatoms. The lowest BCUT2D eigenvalue weighted by molar-refractivity contribution is 0.102. The number of hydrogen-bond acceptors (Lipinski definition) is 7. The molecule has 1 aliphatic rings. The fraction of sp³-hybridized carbons (Fsp3) is 0.267. The molecular formula is C30H33N5O2S. The summed E-state index contributed by atoms with van der Waals surface area (Å²) in [7, 11) is 3.82. The van der Waals surface area contributed by atoms with Crippen LogP contribution in [0, 0.1) is 6.92 Å². The number of nitrogens with zero attached hydrogens (tertiary/aromatic N) is 3. The molecular weight excluding hydrogens is 494 g/mol. The third-order valence-corrected chi connectivity index (χ3v) is 7.58. The SMILES string of the molecule is COc1cccc(-c2csc(Nc3cc(NC(=O)c4ccc(CN5CCN(C)CC5)cc4)ccc3C)n2)c1. The van der Waals surface area contributed by atoms with E-state index >= 15 is 0 Å². The summed E-state index contributed by atoms with van der Waals surface area (Å²) < 4.78 is 5.33. The number of nitrogens with one attached hydrogen (secondary N) is 2. The Kier molecular flexibility index (Phi) is 8.03. The number of hydrogen-bond donors (Lipinski definition) is 2. The maximum atomic E-state index is 13.0. The average molecular weight is 528 g/mol. The number of rotatable bonds is 8. The Morgan fingerprint density at radius 1 is 1.03 bits per heavy atom. The summed E-state index contributed by atoms with van der Waals surface area (Å²) in [4.78, 5) is 22.5. The molecule has 1 aliphatic heterocycles. The van der Waals surface area contributed by atoms with Gasteiger partial charge in [-0.25, -0.2) is 4.98 Å². The van der Waals surface area contributed by atoms with Crippen LogP contribution in [0.25, 0.3) is 11.3 Å². The molecule has 1 amide bonds. The van der Waals surface area contributed by atoms with E-state index in [9.17, 15) is 4.79 Å². The Balaban J connectivity index is 1.22. The van der Waals surface area contributed by atoms with Crippen LogP contribution >= 0.6 is 11.3 Å². The van der Waals surface area contributed by atoms with Gasteiger partial charge in [-0.2, -0.15) is 0 Å². The van der Waals surface area contributed by atoms with Crippen molar-refractivity contribution < 1.29 is 9.53 Å². The second-order valence-electron chi connectivity index (χ2n) is 9.66. The van der Waals surface area contributed by atoms with Crippen molar-refractivity contribution in [2.45, 2.75) is 13.5 Å². The first-order chi connectivity index (χ1) is 18.5. The van der Waals surface area contributed by atoms with E-state index < -0.39 is 0 Å². The van der Waals surface area contributed by atoms with Gasteiger partial charge in [0.1, 0.15) is 5.75 Å². The van der Waals surface area contributed by atoms with Crippen molar-refractivity contribution in [3.8, 4) is 17.0 Å². The van der Waals surface area contributed by atoms with E-state index in [1.165, 1.54) is 16.9 Å². The number of piperazine rings is 1. The highest BCUT2D eigenvalue weighted by molar-refractivity contribution is 7.14. The summed E-state index contributed by atoms with van der Waals surface area (Å²) >= 11 is 1.54. The molecule has 7 nitrogen and oxygen atoms in total. The maximum absolute atomic E-state index is 13.0. The van der Waals surface area contributed by atoms with Gasteiger partial charge in [0, 0.05) is 60.6 Å². The fourth-order valence-corrected chi connectivity index (χ4v) is 5.16. The highest BCUT2D eigenvalue weighted by atomic mass is 32.1. The lowest BCUT2D eigenvalue weighted by atomic mass is 10.1. The molecule has 0 bridgehead atoms. The fourth-order valence-electron chi connectivity index (χ4n) is 4.42. The Morgan fingerprint density at radius 3 is 2.58 bits per heavy atom. The van der Waals surface area contributed by atoms with Crippen LogP contribution in [0.15, 0.2) is 72.1 Å². The molecule has 0 unspecified atom stereocenters. The van der Waals surface area contributed by atoms with Crippen molar-refractivity contribution in [1.29, 1.82) is 0 Å². The first-order valence-corrected chi connectivity index (χ1v) is 13.6. The minimum Gasteiger partial charge on any atom is -0.497 e. The number of aryl methyl sites for hydroxylation is 1. The van der Waals surface area contributed by atoms with Crippen LogP contribution in [-0.2, 0) is 6.54 Å². The van der Waals surface area contributed by atoms with Gasteiger partial charge in [-0.05, 0) is 61.5 Å². The Labute approximate surface area is 228 Å². The van der Waals surface area contributed by atoms with E-state index in [0.29, 0.717) is 5.56 Å². The Morgan fingerprint density at radius 2 is 1.82 bits per heavy atom. The van der Waals surface area contributed by atoms with Gasteiger partial charge in [0.15, 0.2) is 5.13 Å². The van der Waals surface area contributed by atoms with E-state index in [1.54, 1.807) is 7.11 Å². The van der Waals surface area contributed by atoms with Crippen molar-refractivity contribution in [1.82, 2.24) is 14.8 Å². The number of anilines is 3. The number of amides is 1. The van der Waals surface area contributed by atoms with Gasteiger partial charge in [0.05, 0.1) is 12.8 Å². The minimum atomic E-state index is -0.125. The predicted molar refractivity (Wildman–Crippen MR) is 156 cm³/mol. The lowest BCUT2D eigenvalue weighted by Crippen LogP contribution is -2.43. The molecule has 38 heavy (non-hydrogen) atoms. The number of aromatic nitrogens is 1. The second-order valence-corrected chi connectivity index (χ2v) is 10.5. The smallest absolute Gasteiger partial charge is 0.255 e. The third kappa shape index (κ3) is 6.39. The monoisotopic (exact) mass is 527 g/mol. The van der Waals surface area contributed by atoms with E-state index in [1.807, 2.05) is 66.9 Å². The number of thiazole rings is 1. The molecule has 0 saturated carbocycles. The zero-order chi connectivity index (χ0) is 26.5. The van der Waals surface area contributed by atoms with Gasteiger partial charge in [-0.15, -0.1) is 11.3 Å². The average Bonchev–Trinajstić information content (AvgIpc) is 3.41. The van der Waals surface area contributed by atoms with Crippen molar-refractivity contribution in [2.24, 2.45) is 0 Å². The second kappa shape index (κ2) is 11.8. The number of ether oxygens (including phenoxy) is 1. The van der Waals surface area contributed by atoms with Crippen molar-refractivity contribution >= 4 is 33.8 Å². The first kappa shape index (κ1) is 25.9. The van der Waals surface area contributed by atoms with Crippen molar-refractivity contribution in [2.75, 3.05) is 51.0 Å². The largest absolute Gasteiger partial charge is 0.497 e. The summed E-state index contributed by atoms with van der Waals surface area (Å²) in [6.45, 7) is 7.29. The summed E-state index contributed by atoms with van der Waals surface area (Å²) in [5.41, 5.74) is 6.45. The van der Waals surface area contributed by atoms with E-state index in [0.717, 1.165) is 71.8 Å². The maximum Gasteiger partial charge on any atom is 0.255 e. The normalized spacial score (nSPS) is 14.3. The molecule has 1 saturated heterocycles. The van der Waals surface area contributed by atoms with E-state index in [2.05, 4.69) is 39.6 Å². The summed E-state index contributed by atoms with van der Waals surface area (Å²) in [6.07, 6.45) is 0. The number of carbonyl (C=O) groups excluding carboxylic acids is 1. The van der Waals surface area contributed by atoms with Crippen LogP contribution in [0.5, 0.6) is 5.75 Å². The molecule has 3 aromatic carbocycles. The lowest BCUT2D eigenvalue weighted by Gasteiger charge is -2.32. The standard InChI is InChI=1S/C30H33N5O2S/c1-21-7-12-25(18-27(21)32-30-33-28(20-38-30)24-5-4-6-26(17-24)37-3)31-29(36)23-10-8-22(9-11-23)19-35-15-13-34(2)14-16-35/h4-12,17-18,20H,13-16,19H2,1-3H3,(H,31,36)(H,32,33). The molecule has 2 N–H and O–H groups in total. The number of methoxy groups -OCH3 is 1. The summed E-state index contributed by atoms with van der Waals surface area (Å²) in [5, 5.41) is 9.25. The van der Waals surface area contributed by atoms with Gasteiger partial charge >= 0.3 is 0 Å². The minimum absolute atomic E-state index is 0.125. The topological polar surface area (TPSA) is 69.7 Å². The number of carbonyl (C=O) groups is 1. The highest BCUT2D eigenvalue weighted by Crippen LogP contribution is 2.31. The molecule has 0 aliphatic carbocycles. The van der Waals surface area contributed by atoms with Crippen LogP contribution in [0.2, 0.25) is 0 Å². The molecule has 4 aromatic rings. The Bertz CT molecular complexity index is 1390. The number of benzene rings is 3. The zero-order valence-corrected chi connectivity index (χ0v) is 22.8. The van der Waals surface area contributed by atoms with Gasteiger partial charge in [0.2, 0.25) is 0 Å². The third-order valence-electron chi connectivity index (χ3n) is 6.82. The number of likely N-dealkylation sites (N-methyl/N-ethyl adjacent to an activating group) is 1. The first-order valence-electron chi connectivity index (χ1n) is 12.8. The summed E-state index contributed by atoms with van der Waals surface area (Å²) in [5.74, 6) is 0.675. The quantitative estimate of drug-likeness (QED) is 0.299. The molecule has 2 heterocycles. The van der Waals surface area contributed by atoms with Gasteiger partial charge in [-0.1, -0.05) is 30.3 Å². The highest BCUT2D eigenvalue weighted by Gasteiger charge is 2.15. The van der Waals surface area contributed by atoms with Crippen LogP contribution in [0.1, 0.15) is 21.5 Å². The van der Waals surface area contributed by atoms with Crippen LogP contribution < -0.4 is 15.4 Å². The molecule has 1 aromatic heterocycles. The van der Waals surface area contributed by atoms with E-state index in [-0.39, 0.29) is 5.91 Å². The molecule has 0 radical (unpaired) electrons. The molecule has 0 atom stereocenters. The van der Waals surface area contributed by atoms with Crippen LogP contribution in [0.4, 0.5) is 16.5 Å². The molecule has 196 valence electrons. The zero-order valence-electron chi connectivity index (χ0n) is 22.0. The van der Waals surface area contributed by atoms with E-state index in [4.69, 9.17) is 9.72 Å². The van der Waals surface area contributed by atoms with Crippen LogP contribution in [0.3, 0.4) is 0 Å². The predicted octanol–water partition coefficient (Wildman–Crippen LogP) is 5.87. The van der Waals surface area contributed by atoms with Crippen LogP contribution in [-0.4, -0.2) is 61.0 Å². The molecule has 0 spiro atoms. The van der Waals surface area contributed by atoms with Gasteiger partial charge in [0.25, 0.3) is 5.91 Å². The van der Waals surface area contributed by atoms with Crippen molar-refractivity contribution in [3.05, 3.63) is 88.8 Å². The van der Waals surface area contributed by atoms with Gasteiger partial charge < -0.3 is 20.3 Å². The molecule has 1 fully saturated rings. The van der Waals surface area contributed by atoms with Crippen molar-refractivity contribution in [3.63, 3.8) is 0 Å². The summed E-state index contributed by atoms with van der Waals surface area (Å²) in [6, 6.07) is 21.6.